The molecule has 1 N–H and O–H groups in total. The third-order valence-corrected chi connectivity index (χ3v) is 5.67. The van der Waals surface area contributed by atoms with Crippen molar-refractivity contribution in [2.75, 3.05) is 20.1 Å². The summed E-state index contributed by atoms with van der Waals surface area (Å²) >= 11 is 7.16. The smallest absolute Gasteiger partial charge is 0.407 e. The molecule has 3 rings (SSSR count). The van der Waals surface area contributed by atoms with Crippen LogP contribution in [-0.4, -0.2) is 47.7 Å². The number of nitrogens with one attached hydrogen (secondary N) is 1. The third-order valence-electron chi connectivity index (χ3n) is 4.21. The number of amides is 2. The SMILES string of the molecule is CNC(=O)OC1CCN(C(=O)Cn2c(=O)sc3c(Cl)cccc32)CC1. The van der Waals surface area contributed by atoms with Crippen molar-refractivity contribution in [2.24, 2.45) is 0 Å². The number of alkyl carbamates (subject to hydrolysis) is 1. The van der Waals surface area contributed by atoms with Gasteiger partial charge < -0.3 is 15.0 Å². The van der Waals surface area contributed by atoms with Crippen molar-refractivity contribution in [3.63, 3.8) is 0 Å². The van der Waals surface area contributed by atoms with Crippen LogP contribution >= 0.6 is 22.9 Å². The lowest BCUT2D eigenvalue weighted by Crippen LogP contribution is -2.44. The Morgan fingerprint density at radius 1 is 1.36 bits per heavy atom. The minimum Gasteiger partial charge on any atom is -0.446 e. The highest BCUT2D eigenvalue weighted by atomic mass is 35.5. The van der Waals surface area contributed by atoms with Crippen LogP contribution in [0.4, 0.5) is 4.79 Å². The number of hydrogen-bond donors (Lipinski definition) is 1. The summed E-state index contributed by atoms with van der Waals surface area (Å²) in [5, 5.41) is 2.93. The number of carbonyl (C=O) groups is 2. The predicted octanol–water partition coefficient (Wildman–Crippen LogP) is 2.06. The normalized spacial score (nSPS) is 15.4. The lowest BCUT2D eigenvalue weighted by Gasteiger charge is -2.31. The van der Waals surface area contributed by atoms with Gasteiger partial charge in [0.1, 0.15) is 12.6 Å². The molecule has 0 saturated carbocycles. The Balaban J connectivity index is 1.66. The molecule has 1 saturated heterocycles. The molecule has 1 fully saturated rings. The summed E-state index contributed by atoms with van der Waals surface area (Å²) in [6.07, 6.45) is 0.527. The zero-order valence-electron chi connectivity index (χ0n) is 13.7. The van der Waals surface area contributed by atoms with Gasteiger partial charge in [0.25, 0.3) is 0 Å². The first-order valence-electron chi connectivity index (χ1n) is 7.93. The number of fused-ring (bicyclic) bond motifs is 1. The number of hydrogen-bond acceptors (Lipinski definition) is 5. The highest BCUT2D eigenvalue weighted by molar-refractivity contribution is 7.17. The van der Waals surface area contributed by atoms with Crippen LogP contribution in [0.2, 0.25) is 5.02 Å². The monoisotopic (exact) mass is 383 g/mol. The van der Waals surface area contributed by atoms with E-state index < -0.39 is 6.09 Å². The molecule has 1 aliphatic rings. The average molecular weight is 384 g/mol. The van der Waals surface area contributed by atoms with Gasteiger partial charge >= 0.3 is 11.0 Å². The number of benzene rings is 1. The maximum absolute atomic E-state index is 12.5. The molecule has 0 radical (unpaired) electrons. The summed E-state index contributed by atoms with van der Waals surface area (Å²) in [6.45, 7) is 0.982. The van der Waals surface area contributed by atoms with Crippen molar-refractivity contribution in [1.82, 2.24) is 14.8 Å². The van der Waals surface area contributed by atoms with Crippen LogP contribution in [0.25, 0.3) is 10.2 Å². The quantitative estimate of drug-likeness (QED) is 0.879. The molecule has 2 amide bonds. The van der Waals surface area contributed by atoms with Gasteiger partial charge in [0, 0.05) is 33.0 Å². The van der Waals surface area contributed by atoms with E-state index in [1.807, 2.05) is 0 Å². The molecule has 0 spiro atoms. The zero-order valence-corrected chi connectivity index (χ0v) is 15.2. The number of piperidine rings is 1. The predicted molar refractivity (Wildman–Crippen MR) is 96.2 cm³/mol. The second-order valence-electron chi connectivity index (χ2n) is 5.78. The van der Waals surface area contributed by atoms with Crippen molar-refractivity contribution in [3.05, 3.63) is 32.9 Å². The van der Waals surface area contributed by atoms with Crippen LogP contribution in [0, 0.1) is 0 Å². The van der Waals surface area contributed by atoms with Gasteiger partial charge in [-0.3, -0.25) is 14.2 Å². The van der Waals surface area contributed by atoms with Gasteiger partial charge in [-0.25, -0.2) is 4.79 Å². The zero-order chi connectivity index (χ0) is 18.0. The first kappa shape index (κ1) is 17.8. The molecule has 0 aliphatic carbocycles. The number of thiazole rings is 1. The first-order chi connectivity index (χ1) is 12.0. The molecule has 0 atom stereocenters. The molecule has 0 bridgehead atoms. The Bertz CT molecular complexity index is 855. The number of halogens is 1. The molecule has 2 aromatic rings. The number of aromatic nitrogens is 1. The maximum Gasteiger partial charge on any atom is 0.407 e. The molecule has 9 heteroatoms. The minimum atomic E-state index is -0.460. The van der Waals surface area contributed by atoms with E-state index in [-0.39, 0.29) is 23.4 Å². The fourth-order valence-electron chi connectivity index (χ4n) is 2.87. The number of likely N-dealkylation sites (tertiary alicyclic amines) is 1. The van der Waals surface area contributed by atoms with Crippen molar-refractivity contribution in [2.45, 2.75) is 25.5 Å². The Morgan fingerprint density at radius 3 is 2.76 bits per heavy atom. The molecule has 7 nitrogen and oxygen atoms in total. The summed E-state index contributed by atoms with van der Waals surface area (Å²) in [6, 6.07) is 5.28. The summed E-state index contributed by atoms with van der Waals surface area (Å²) < 4.78 is 7.36. The molecule has 1 aliphatic heterocycles. The van der Waals surface area contributed by atoms with Crippen LogP contribution < -0.4 is 10.2 Å². The summed E-state index contributed by atoms with van der Waals surface area (Å²) in [7, 11) is 1.51. The van der Waals surface area contributed by atoms with Crippen LogP contribution in [0.1, 0.15) is 12.8 Å². The van der Waals surface area contributed by atoms with E-state index in [0.29, 0.717) is 41.2 Å². The fraction of sp³-hybridized carbons (Fsp3) is 0.438. The third kappa shape index (κ3) is 3.80. The topological polar surface area (TPSA) is 80.6 Å². The van der Waals surface area contributed by atoms with Crippen LogP contribution in [0.15, 0.2) is 23.0 Å². The van der Waals surface area contributed by atoms with Crippen molar-refractivity contribution in [1.29, 1.82) is 0 Å². The van der Waals surface area contributed by atoms with Gasteiger partial charge in [0.15, 0.2) is 0 Å². The Kier molecular flexibility index (Phi) is 5.29. The number of ether oxygens (including phenoxy) is 1. The number of nitrogens with zero attached hydrogens (tertiary/aromatic N) is 2. The van der Waals surface area contributed by atoms with Gasteiger partial charge in [-0.15, -0.1) is 0 Å². The highest BCUT2D eigenvalue weighted by Gasteiger charge is 2.25. The van der Waals surface area contributed by atoms with Crippen LogP contribution in [0.3, 0.4) is 0 Å². The molecular weight excluding hydrogens is 366 g/mol. The second kappa shape index (κ2) is 7.45. The van der Waals surface area contributed by atoms with E-state index in [1.54, 1.807) is 23.1 Å². The van der Waals surface area contributed by atoms with E-state index in [1.165, 1.54) is 11.6 Å². The van der Waals surface area contributed by atoms with Gasteiger partial charge in [-0.05, 0) is 12.1 Å². The molecule has 2 heterocycles. The molecule has 134 valence electrons. The van der Waals surface area contributed by atoms with E-state index in [2.05, 4.69) is 5.32 Å². The van der Waals surface area contributed by atoms with Gasteiger partial charge in [0.05, 0.1) is 15.2 Å². The van der Waals surface area contributed by atoms with Gasteiger partial charge in [0.2, 0.25) is 5.91 Å². The van der Waals surface area contributed by atoms with E-state index in [9.17, 15) is 14.4 Å². The molecule has 1 aromatic heterocycles. The minimum absolute atomic E-state index is 0.0137. The Labute approximate surface area is 153 Å². The summed E-state index contributed by atoms with van der Waals surface area (Å²) in [5.74, 6) is -0.125. The Morgan fingerprint density at radius 2 is 2.08 bits per heavy atom. The largest absolute Gasteiger partial charge is 0.446 e. The molecule has 1 aromatic carbocycles. The Hall–Kier alpha value is -2.06. The summed E-state index contributed by atoms with van der Waals surface area (Å²) in [5.41, 5.74) is 0.675. The van der Waals surface area contributed by atoms with E-state index in [4.69, 9.17) is 16.3 Å². The lowest BCUT2D eigenvalue weighted by atomic mass is 10.1. The molecular formula is C16H18ClN3O4S. The molecule has 0 unspecified atom stereocenters. The van der Waals surface area contributed by atoms with Crippen LogP contribution in [0.5, 0.6) is 0 Å². The maximum atomic E-state index is 12.5. The fourth-order valence-corrected chi connectivity index (χ4v) is 4.05. The van der Waals surface area contributed by atoms with Gasteiger partial charge in [-0.1, -0.05) is 29.0 Å². The van der Waals surface area contributed by atoms with Crippen molar-refractivity contribution >= 4 is 45.2 Å². The van der Waals surface area contributed by atoms with E-state index in [0.717, 1.165) is 11.3 Å². The summed E-state index contributed by atoms with van der Waals surface area (Å²) in [4.78, 5) is 37.5. The van der Waals surface area contributed by atoms with Crippen molar-refractivity contribution < 1.29 is 14.3 Å². The van der Waals surface area contributed by atoms with E-state index >= 15 is 0 Å². The average Bonchev–Trinajstić information content (AvgIpc) is 2.93. The first-order valence-corrected chi connectivity index (χ1v) is 9.13. The van der Waals surface area contributed by atoms with Crippen LogP contribution in [-0.2, 0) is 16.1 Å². The van der Waals surface area contributed by atoms with Crippen molar-refractivity contribution in [3.8, 4) is 0 Å². The number of rotatable bonds is 3. The van der Waals surface area contributed by atoms with Gasteiger partial charge in [-0.2, -0.15) is 0 Å². The standard InChI is InChI=1S/C16H18ClN3O4S/c1-18-15(22)24-10-5-7-19(8-6-10)13(21)9-20-12-4-2-3-11(17)14(12)25-16(20)23/h2-4,10H,5-9H2,1H3,(H,18,22). The highest BCUT2D eigenvalue weighted by Crippen LogP contribution is 2.26. The second-order valence-corrected chi connectivity index (χ2v) is 7.15. The number of carbonyl (C=O) groups excluding carboxylic acids is 2. The molecule has 25 heavy (non-hydrogen) atoms. The lowest BCUT2D eigenvalue weighted by molar-refractivity contribution is -0.133.